The Morgan fingerprint density at radius 3 is 2.70 bits per heavy atom. The van der Waals surface area contributed by atoms with Crippen molar-refractivity contribution in [3.63, 3.8) is 0 Å². The highest BCUT2D eigenvalue weighted by Gasteiger charge is 2.14. The van der Waals surface area contributed by atoms with Gasteiger partial charge in [0.2, 0.25) is 10.0 Å². The standard InChI is InChI=1S/C13H18FNO4S/c1-10(5-6-13(16)17)7-8-15-20(18,19)12-4-2-3-11(14)9-12/h2-4,9-10,15H,5-8H2,1H3,(H,16,17). The first-order chi connectivity index (χ1) is 9.31. The number of hydrogen-bond acceptors (Lipinski definition) is 3. The van der Waals surface area contributed by atoms with Gasteiger partial charge in [0.25, 0.3) is 0 Å². The topological polar surface area (TPSA) is 83.5 Å². The molecule has 0 radical (unpaired) electrons. The van der Waals surface area contributed by atoms with E-state index in [9.17, 15) is 17.6 Å². The van der Waals surface area contributed by atoms with Crippen molar-refractivity contribution in [2.24, 2.45) is 5.92 Å². The minimum Gasteiger partial charge on any atom is -0.481 e. The van der Waals surface area contributed by atoms with Gasteiger partial charge in [-0.2, -0.15) is 0 Å². The lowest BCUT2D eigenvalue weighted by atomic mass is 10.0. The van der Waals surface area contributed by atoms with Crippen molar-refractivity contribution in [3.8, 4) is 0 Å². The zero-order chi connectivity index (χ0) is 15.2. The van der Waals surface area contributed by atoms with Crippen molar-refractivity contribution >= 4 is 16.0 Å². The summed E-state index contributed by atoms with van der Waals surface area (Å²) < 4.78 is 39.1. The second kappa shape index (κ2) is 7.35. The van der Waals surface area contributed by atoms with Gasteiger partial charge in [-0.3, -0.25) is 4.79 Å². The Morgan fingerprint density at radius 1 is 1.40 bits per heavy atom. The summed E-state index contributed by atoms with van der Waals surface area (Å²) in [7, 11) is -3.72. The molecular formula is C13H18FNO4S. The van der Waals surface area contributed by atoms with Gasteiger partial charge in [0.05, 0.1) is 4.90 Å². The smallest absolute Gasteiger partial charge is 0.303 e. The summed E-state index contributed by atoms with van der Waals surface area (Å²) in [5.41, 5.74) is 0. The first-order valence-electron chi connectivity index (χ1n) is 6.28. The molecule has 1 rings (SSSR count). The molecule has 0 amide bonds. The molecule has 1 aromatic carbocycles. The number of benzene rings is 1. The molecule has 0 saturated heterocycles. The lowest BCUT2D eigenvalue weighted by molar-refractivity contribution is -0.137. The monoisotopic (exact) mass is 303 g/mol. The summed E-state index contributed by atoms with van der Waals surface area (Å²) in [6.07, 6.45) is 1.09. The molecule has 0 aromatic heterocycles. The van der Waals surface area contributed by atoms with Crippen LogP contribution in [-0.4, -0.2) is 26.0 Å². The minimum atomic E-state index is -3.72. The molecule has 1 aromatic rings. The Bertz CT molecular complexity index is 559. The van der Waals surface area contributed by atoms with Gasteiger partial charge in [0.15, 0.2) is 0 Å². The molecule has 1 atom stereocenters. The molecule has 2 N–H and O–H groups in total. The SMILES string of the molecule is CC(CCNS(=O)(=O)c1cccc(F)c1)CCC(=O)O. The lowest BCUT2D eigenvalue weighted by Crippen LogP contribution is -2.26. The van der Waals surface area contributed by atoms with E-state index in [1.807, 2.05) is 6.92 Å². The quantitative estimate of drug-likeness (QED) is 0.769. The van der Waals surface area contributed by atoms with Crippen LogP contribution in [0.5, 0.6) is 0 Å². The molecule has 5 nitrogen and oxygen atoms in total. The molecular weight excluding hydrogens is 285 g/mol. The number of nitrogens with one attached hydrogen (secondary N) is 1. The Balaban J connectivity index is 2.46. The third-order valence-electron chi connectivity index (χ3n) is 2.89. The number of aliphatic carboxylic acids is 1. The number of halogens is 1. The maximum Gasteiger partial charge on any atom is 0.303 e. The van der Waals surface area contributed by atoms with E-state index < -0.39 is 21.8 Å². The fourth-order valence-corrected chi connectivity index (χ4v) is 2.75. The van der Waals surface area contributed by atoms with Crippen LogP contribution in [0.2, 0.25) is 0 Å². The summed E-state index contributed by atoms with van der Waals surface area (Å²) >= 11 is 0. The van der Waals surface area contributed by atoms with E-state index in [0.717, 1.165) is 6.07 Å². The van der Waals surface area contributed by atoms with E-state index in [1.165, 1.54) is 18.2 Å². The number of sulfonamides is 1. The fourth-order valence-electron chi connectivity index (χ4n) is 1.67. The zero-order valence-electron chi connectivity index (χ0n) is 11.2. The van der Waals surface area contributed by atoms with Crippen LogP contribution in [0.25, 0.3) is 0 Å². The predicted molar refractivity (Wildman–Crippen MR) is 72.2 cm³/mol. The summed E-state index contributed by atoms with van der Waals surface area (Å²) in [5, 5.41) is 8.54. The summed E-state index contributed by atoms with van der Waals surface area (Å²) in [4.78, 5) is 10.3. The van der Waals surface area contributed by atoms with E-state index in [2.05, 4.69) is 4.72 Å². The molecule has 112 valence electrons. The average molecular weight is 303 g/mol. The van der Waals surface area contributed by atoms with Crippen LogP contribution in [0.4, 0.5) is 4.39 Å². The second-order valence-corrected chi connectivity index (χ2v) is 6.45. The van der Waals surface area contributed by atoms with Crippen LogP contribution in [-0.2, 0) is 14.8 Å². The van der Waals surface area contributed by atoms with E-state index in [4.69, 9.17) is 5.11 Å². The highest BCUT2D eigenvalue weighted by molar-refractivity contribution is 7.89. The summed E-state index contributed by atoms with van der Waals surface area (Å²) in [6, 6.07) is 4.78. The van der Waals surface area contributed by atoms with Gasteiger partial charge < -0.3 is 5.11 Å². The Kier molecular flexibility index (Phi) is 6.09. The first-order valence-corrected chi connectivity index (χ1v) is 7.76. The van der Waals surface area contributed by atoms with Crippen molar-refractivity contribution in [2.45, 2.75) is 31.1 Å². The Hall–Kier alpha value is -1.47. The molecule has 0 aliphatic carbocycles. The van der Waals surface area contributed by atoms with Gasteiger partial charge in [-0.05, 0) is 37.0 Å². The number of carbonyl (C=O) groups is 1. The number of carboxylic acids is 1. The van der Waals surface area contributed by atoms with Crippen LogP contribution in [0, 0.1) is 11.7 Å². The van der Waals surface area contributed by atoms with Crippen LogP contribution in [0.15, 0.2) is 29.2 Å². The average Bonchev–Trinajstić information content (AvgIpc) is 2.36. The van der Waals surface area contributed by atoms with E-state index in [0.29, 0.717) is 12.8 Å². The molecule has 0 aliphatic rings. The lowest BCUT2D eigenvalue weighted by Gasteiger charge is -2.11. The third kappa shape index (κ3) is 5.66. The normalized spacial score (nSPS) is 13.1. The van der Waals surface area contributed by atoms with Crippen molar-refractivity contribution in [1.29, 1.82) is 0 Å². The molecule has 20 heavy (non-hydrogen) atoms. The van der Waals surface area contributed by atoms with Crippen LogP contribution in [0.3, 0.4) is 0 Å². The Morgan fingerprint density at radius 2 is 2.10 bits per heavy atom. The number of hydrogen-bond donors (Lipinski definition) is 2. The summed E-state index contributed by atoms with van der Waals surface area (Å²) in [6.45, 7) is 2.05. The van der Waals surface area contributed by atoms with Crippen molar-refractivity contribution in [3.05, 3.63) is 30.1 Å². The Labute approximate surface area is 117 Å². The minimum absolute atomic E-state index is 0.0673. The molecule has 7 heteroatoms. The molecule has 0 bridgehead atoms. The van der Waals surface area contributed by atoms with Crippen LogP contribution < -0.4 is 4.72 Å². The number of carboxylic acid groups (broad SMARTS) is 1. The molecule has 0 saturated carbocycles. The van der Waals surface area contributed by atoms with E-state index in [-0.39, 0.29) is 23.8 Å². The molecule has 0 spiro atoms. The molecule has 0 fully saturated rings. The first kappa shape index (κ1) is 16.6. The van der Waals surface area contributed by atoms with Gasteiger partial charge >= 0.3 is 5.97 Å². The summed E-state index contributed by atoms with van der Waals surface area (Å²) in [5.74, 6) is -1.37. The fraction of sp³-hybridized carbons (Fsp3) is 0.462. The molecule has 0 aliphatic heterocycles. The van der Waals surface area contributed by atoms with Crippen LogP contribution in [0.1, 0.15) is 26.2 Å². The maximum atomic E-state index is 13.0. The van der Waals surface area contributed by atoms with Crippen LogP contribution >= 0.6 is 0 Å². The third-order valence-corrected chi connectivity index (χ3v) is 4.35. The van der Waals surface area contributed by atoms with E-state index in [1.54, 1.807) is 0 Å². The van der Waals surface area contributed by atoms with Crippen molar-refractivity contribution in [1.82, 2.24) is 4.72 Å². The molecule has 0 heterocycles. The largest absolute Gasteiger partial charge is 0.481 e. The van der Waals surface area contributed by atoms with E-state index >= 15 is 0 Å². The highest BCUT2D eigenvalue weighted by Crippen LogP contribution is 2.12. The highest BCUT2D eigenvalue weighted by atomic mass is 32.2. The maximum absolute atomic E-state index is 13.0. The van der Waals surface area contributed by atoms with Gasteiger partial charge in [-0.1, -0.05) is 13.0 Å². The van der Waals surface area contributed by atoms with Gasteiger partial charge in [-0.15, -0.1) is 0 Å². The van der Waals surface area contributed by atoms with Crippen molar-refractivity contribution < 1.29 is 22.7 Å². The van der Waals surface area contributed by atoms with Crippen molar-refractivity contribution in [2.75, 3.05) is 6.54 Å². The number of rotatable bonds is 8. The second-order valence-electron chi connectivity index (χ2n) is 4.68. The van der Waals surface area contributed by atoms with Gasteiger partial charge in [0.1, 0.15) is 5.82 Å². The zero-order valence-corrected chi connectivity index (χ0v) is 12.0. The molecule has 1 unspecified atom stereocenters. The van der Waals surface area contributed by atoms with Gasteiger partial charge in [-0.25, -0.2) is 17.5 Å². The van der Waals surface area contributed by atoms with Gasteiger partial charge in [0, 0.05) is 13.0 Å². The predicted octanol–water partition coefficient (Wildman–Crippen LogP) is 2.00.